The average molecular weight is 424 g/mol. The third-order valence-corrected chi connectivity index (χ3v) is 2.99. The molecule has 0 bridgehead atoms. The van der Waals surface area contributed by atoms with E-state index in [4.69, 9.17) is 21.5 Å². The number of carbonyl (C=O) groups is 3. The van der Waals surface area contributed by atoms with Gasteiger partial charge in [-0.2, -0.15) is 0 Å². The van der Waals surface area contributed by atoms with E-state index in [2.05, 4.69) is 0 Å². The maximum Gasteiger partial charge on any atom is 0.337 e. The molecule has 0 aliphatic heterocycles. The van der Waals surface area contributed by atoms with Gasteiger partial charge >= 0.3 is 5.97 Å². The number of carbonyl (C=O) groups excluding carboxylic acids is 2. The number of aromatic carboxylic acids is 1. The van der Waals surface area contributed by atoms with E-state index < -0.39 is 5.97 Å². The maximum absolute atomic E-state index is 10.8. The summed E-state index contributed by atoms with van der Waals surface area (Å²) in [7, 11) is 3.85. The molecule has 0 atom stereocenters. The molecule has 0 heterocycles. The summed E-state index contributed by atoms with van der Waals surface area (Å²) in [5, 5.41) is 9.10. The number of benzene rings is 1. The van der Waals surface area contributed by atoms with Crippen molar-refractivity contribution in [3.63, 3.8) is 0 Å². The largest absolute Gasteiger partial charge is 0.478 e. The summed E-state index contributed by atoms with van der Waals surface area (Å²) in [6.07, 6.45) is 11.1. The summed E-state index contributed by atoms with van der Waals surface area (Å²) in [5.41, 5.74) is 2.15. The van der Waals surface area contributed by atoms with E-state index in [-0.39, 0.29) is 10.6 Å². The van der Waals surface area contributed by atoms with Crippen molar-refractivity contribution >= 4 is 30.1 Å². The van der Waals surface area contributed by atoms with Gasteiger partial charge in [0.2, 0.25) is 0 Å². The highest BCUT2D eigenvalue weighted by Crippen LogP contribution is 2.18. The van der Waals surface area contributed by atoms with Gasteiger partial charge in [0, 0.05) is 6.54 Å². The zero-order chi connectivity index (χ0) is 23.2. The van der Waals surface area contributed by atoms with E-state index in [0.717, 1.165) is 23.7 Å². The minimum Gasteiger partial charge on any atom is -0.478 e. The lowest BCUT2D eigenvalue weighted by atomic mass is 10.1. The Morgan fingerprint density at radius 3 is 1.83 bits per heavy atom. The van der Waals surface area contributed by atoms with Gasteiger partial charge in [-0.25, -0.2) is 4.79 Å². The van der Waals surface area contributed by atoms with Crippen LogP contribution in [0.1, 0.15) is 50.5 Å². The summed E-state index contributed by atoms with van der Waals surface area (Å²) >= 11 is 5.73. The number of carboxylic acids is 1. The van der Waals surface area contributed by atoms with E-state index in [0.29, 0.717) is 6.54 Å². The Morgan fingerprint density at radius 1 is 1.07 bits per heavy atom. The van der Waals surface area contributed by atoms with Gasteiger partial charge in [-0.3, -0.25) is 4.79 Å². The van der Waals surface area contributed by atoms with Crippen LogP contribution in [-0.4, -0.2) is 42.6 Å². The Bertz CT molecular complexity index is 663. The SMILES string of the molecule is C/C=C\C=C/C.CC(C)=CC=O.CC=O.CN(C)Cc1ccc(Cl)c(C(=O)O)c1. The Hall–Kier alpha value is -2.50. The van der Waals surface area contributed by atoms with Crippen LogP contribution in [0.15, 0.2) is 54.2 Å². The van der Waals surface area contributed by atoms with Crippen LogP contribution in [0.4, 0.5) is 0 Å². The van der Waals surface area contributed by atoms with E-state index in [1.807, 2.05) is 77.1 Å². The number of hydrogen-bond donors (Lipinski definition) is 1. The molecule has 1 aromatic rings. The second kappa shape index (κ2) is 21.8. The van der Waals surface area contributed by atoms with Gasteiger partial charge in [-0.15, -0.1) is 0 Å². The van der Waals surface area contributed by atoms with Crippen LogP contribution in [0.25, 0.3) is 0 Å². The number of nitrogens with zero attached hydrogens (tertiary/aromatic N) is 1. The first-order valence-electron chi connectivity index (χ1n) is 8.99. The van der Waals surface area contributed by atoms with Gasteiger partial charge in [0.1, 0.15) is 12.6 Å². The first kappa shape index (κ1) is 31.2. The van der Waals surface area contributed by atoms with Crippen molar-refractivity contribution < 1.29 is 19.5 Å². The van der Waals surface area contributed by atoms with Crippen molar-refractivity contribution in [2.75, 3.05) is 14.1 Å². The van der Waals surface area contributed by atoms with E-state index >= 15 is 0 Å². The van der Waals surface area contributed by atoms with Crippen molar-refractivity contribution in [1.82, 2.24) is 4.90 Å². The Morgan fingerprint density at radius 2 is 1.55 bits per heavy atom. The van der Waals surface area contributed by atoms with Crippen molar-refractivity contribution in [3.05, 3.63) is 70.3 Å². The highest BCUT2D eigenvalue weighted by atomic mass is 35.5. The fourth-order valence-corrected chi connectivity index (χ4v) is 1.76. The van der Waals surface area contributed by atoms with E-state index in [1.54, 1.807) is 12.1 Å². The van der Waals surface area contributed by atoms with E-state index in [9.17, 15) is 9.59 Å². The fourth-order valence-electron chi connectivity index (χ4n) is 1.56. The number of carboxylic acid groups (broad SMARTS) is 1. The smallest absolute Gasteiger partial charge is 0.337 e. The molecule has 0 radical (unpaired) electrons. The number of hydrogen-bond acceptors (Lipinski definition) is 4. The molecular weight excluding hydrogens is 390 g/mol. The number of allylic oxidation sites excluding steroid dienone is 6. The summed E-state index contributed by atoms with van der Waals surface area (Å²) in [6.45, 7) is 9.92. The molecule has 6 heteroatoms. The van der Waals surface area contributed by atoms with Gasteiger partial charge in [-0.1, -0.05) is 47.5 Å². The minimum atomic E-state index is -0.990. The molecule has 0 aliphatic carbocycles. The molecule has 0 saturated carbocycles. The third-order valence-electron chi connectivity index (χ3n) is 2.66. The Kier molecular flexibility index (Phi) is 23.5. The molecule has 1 aromatic carbocycles. The lowest BCUT2D eigenvalue weighted by molar-refractivity contribution is -0.106. The van der Waals surface area contributed by atoms with Gasteiger partial charge in [0.15, 0.2) is 0 Å². The molecule has 1 N–H and O–H groups in total. The first-order chi connectivity index (χ1) is 13.6. The highest BCUT2D eigenvalue weighted by molar-refractivity contribution is 6.33. The summed E-state index contributed by atoms with van der Waals surface area (Å²) in [6, 6.07) is 5.04. The average Bonchev–Trinajstić information content (AvgIpc) is 2.62. The molecule has 1 rings (SSSR count). The van der Waals surface area contributed by atoms with E-state index in [1.165, 1.54) is 13.0 Å². The molecule has 0 spiro atoms. The van der Waals surface area contributed by atoms with Crippen LogP contribution in [-0.2, 0) is 16.1 Å². The zero-order valence-corrected chi connectivity index (χ0v) is 19.2. The normalized spacial score (nSPS) is 9.41. The maximum atomic E-state index is 10.8. The van der Waals surface area contributed by atoms with Gasteiger partial charge in [-0.05, 0) is 72.5 Å². The molecule has 29 heavy (non-hydrogen) atoms. The molecule has 0 fully saturated rings. The van der Waals surface area contributed by atoms with Crippen LogP contribution >= 0.6 is 11.6 Å². The Labute approximate surface area is 180 Å². The van der Waals surface area contributed by atoms with Crippen molar-refractivity contribution in [3.8, 4) is 0 Å². The molecule has 0 aliphatic rings. The van der Waals surface area contributed by atoms with Gasteiger partial charge in [0.05, 0.1) is 10.6 Å². The molecule has 0 saturated heterocycles. The Balaban J connectivity index is -0.000000376. The summed E-state index contributed by atoms with van der Waals surface area (Å²) in [4.78, 5) is 31.1. The predicted molar refractivity (Wildman–Crippen MR) is 123 cm³/mol. The van der Waals surface area contributed by atoms with Crippen LogP contribution in [0.2, 0.25) is 5.02 Å². The van der Waals surface area contributed by atoms with Crippen molar-refractivity contribution in [2.24, 2.45) is 0 Å². The number of aldehydes is 2. The van der Waals surface area contributed by atoms with Gasteiger partial charge < -0.3 is 14.8 Å². The second-order valence-electron chi connectivity index (χ2n) is 6.02. The quantitative estimate of drug-likeness (QED) is 0.379. The molecule has 0 aromatic heterocycles. The number of halogens is 1. The van der Waals surface area contributed by atoms with Crippen LogP contribution in [0.3, 0.4) is 0 Å². The van der Waals surface area contributed by atoms with Crippen LogP contribution in [0, 0.1) is 0 Å². The zero-order valence-electron chi connectivity index (χ0n) is 18.5. The summed E-state index contributed by atoms with van der Waals surface area (Å²) < 4.78 is 0. The molecule has 0 unspecified atom stereocenters. The predicted octanol–water partition coefficient (Wildman–Crippen LogP) is 5.60. The molecule has 162 valence electrons. The fraction of sp³-hybridized carbons (Fsp3) is 0.348. The van der Waals surface area contributed by atoms with Crippen LogP contribution in [0.5, 0.6) is 0 Å². The van der Waals surface area contributed by atoms with Crippen molar-refractivity contribution in [1.29, 1.82) is 0 Å². The highest BCUT2D eigenvalue weighted by Gasteiger charge is 2.09. The standard InChI is InChI=1S/C10H12ClNO2.C6H10.C5H8O.C2H4O/c1-12(2)6-7-3-4-9(11)8(5-7)10(13)14;1-3-5-6-4-2;1-5(2)3-4-6;1-2-3/h3-5H,6H2,1-2H3,(H,13,14);3-6H,1-2H3;3-4H,1-2H3;2H,1H3/b;5-3-,6-4-;;. The lowest BCUT2D eigenvalue weighted by Gasteiger charge is -2.10. The summed E-state index contributed by atoms with van der Waals surface area (Å²) in [5.74, 6) is -0.990. The number of rotatable bonds is 5. The molecule has 5 nitrogen and oxygen atoms in total. The minimum absolute atomic E-state index is 0.158. The monoisotopic (exact) mass is 423 g/mol. The second-order valence-corrected chi connectivity index (χ2v) is 6.43. The van der Waals surface area contributed by atoms with Crippen molar-refractivity contribution in [2.45, 2.75) is 41.2 Å². The molecule has 0 amide bonds. The molecular formula is C23H34ClNO4. The van der Waals surface area contributed by atoms with Gasteiger partial charge in [0.25, 0.3) is 0 Å². The topological polar surface area (TPSA) is 74.7 Å². The lowest BCUT2D eigenvalue weighted by Crippen LogP contribution is -2.11. The van der Waals surface area contributed by atoms with Crippen LogP contribution < -0.4 is 0 Å². The third kappa shape index (κ3) is 23.5. The first-order valence-corrected chi connectivity index (χ1v) is 9.37.